The van der Waals surface area contributed by atoms with E-state index in [0.717, 1.165) is 25.3 Å². The van der Waals surface area contributed by atoms with Crippen LogP contribution < -0.4 is 0 Å². The Morgan fingerprint density at radius 3 is 2.58 bits per heavy atom. The van der Waals surface area contributed by atoms with Crippen molar-refractivity contribution in [3.8, 4) is 0 Å². The Hall–Kier alpha value is -2.37. The van der Waals surface area contributed by atoms with Gasteiger partial charge in [0, 0.05) is 37.3 Å². The third kappa shape index (κ3) is 2.68. The molecule has 0 N–H and O–H groups in total. The highest BCUT2D eigenvalue weighted by molar-refractivity contribution is 7.09. The molecule has 3 aromatic rings. The second-order valence-corrected chi connectivity index (χ2v) is 8.16. The largest absolute Gasteiger partial charge is 0.337 e. The minimum absolute atomic E-state index is 0.151. The molecule has 2 aliphatic heterocycles. The monoisotopic (exact) mass is 363 g/mol. The normalized spacial score (nSPS) is 22.5. The van der Waals surface area contributed by atoms with Crippen LogP contribution in [0.1, 0.15) is 27.0 Å². The fourth-order valence-electron chi connectivity index (χ4n) is 4.31. The van der Waals surface area contributed by atoms with E-state index in [1.54, 1.807) is 11.3 Å². The molecule has 0 saturated carbocycles. The number of amides is 1. The first-order chi connectivity index (χ1) is 12.8. The summed E-state index contributed by atoms with van der Waals surface area (Å²) in [5.41, 5.74) is 2.01. The molecule has 26 heavy (non-hydrogen) atoms. The second-order valence-electron chi connectivity index (χ2n) is 7.13. The third-order valence-electron chi connectivity index (χ3n) is 5.51. The van der Waals surface area contributed by atoms with E-state index in [2.05, 4.69) is 50.2 Å². The number of likely N-dealkylation sites (tertiary alicyclic amines) is 1. The van der Waals surface area contributed by atoms with E-state index < -0.39 is 0 Å². The smallest absolute Gasteiger partial charge is 0.271 e. The van der Waals surface area contributed by atoms with Crippen molar-refractivity contribution in [3.05, 3.63) is 82.3 Å². The molecule has 0 unspecified atom stereocenters. The highest BCUT2D eigenvalue weighted by atomic mass is 32.1. The zero-order valence-electron chi connectivity index (χ0n) is 14.5. The summed E-state index contributed by atoms with van der Waals surface area (Å²) >= 11 is 1.81. The SMILES string of the molecule is O=C1c2cccn2[C@@H]2CN(Cc3cccs3)C[C@@H]2N1Cc1ccccc1. The molecule has 2 aliphatic rings. The predicted molar refractivity (Wildman–Crippen MR) is 103 cm³/mol. The summed E-state index contributed by atoms with van der Waals surface area (Å²) in [5.74, 6) is 0.151. The van der Waals surface area contributed by atoms with Gasteiger partial charge in [-0.3, -0.25) is 9.69 Å². The molecular formula is C21H21N3OS. The van der Waals surface area contributed by atoms with Gasteiger partial charge in [-0.1, -0.05) is 36.4 Å². The Kier molecular flexibility index (Phi) is 3.91. The maximum Gasteiger partial charge on any atom is 0.271 e. The first kappa shape index (κ1) is 15.9. The van der Waals surface area contributed by atoms with Crippen LogP contribution in [0.25, 0.3) is 0 Å². The summed E-state index contributed by atoms with van der Waals surface area (Å²) in [4.78, 5) is 19.1. The molecule has 0 bridgehead atoms. The van der Waals surface area contributed by atoms with E-state index >= 15 is 0 Å². The molecule has 2 aromatic heterocycles. The van der Waals surface area contributed by atoms with Gasteiger partial charge in [0.1, 0.15) is 5.69 Å². The predicted octanol–water partition coefficient (Wildman–Crippen LogP) is 3.63. The molecule has 5 rings (SSSR count). The van der Waals surface area contributed by atoms with E-state index in [4.69, 9.17) is 0 Å². The van der Waals surface area contributed by atoms with Gasteiger partial charge >= 0.3 is 0 Å². The standard InChI is InChI=1S/C21H21N3OS/c25-21-18-9-4-10-23(18)19-14-22(13-17-8-5-11-26-17)15-20(19)24(21)12-16-6-2-1-3-7-16/h1-11,19-20H,12-15H2/t19-,20+/m1/s1. The van der Waals surface area contributed by atoms with Crippen LogP contribution in [-0.4, -0.2) is 39.4 Å². The van der Waals surface area contributed by atoms with Crippen LogP contribution >= 0.6 is 11.3 Å². The molecule has 132 valence electrons. The third-order valence-corrected chi connectivity index (χ3v) is 6.37. The molecule has 0 radical (unpaired) electrons. The fourth-order valence-corrected chi connectivity index (χ4v) is 5.06. The fraction of sp³-hybridized carbons (Fsp3) is 0.286. The number of benzene rings is 1. The molecule has 1 saturated heterocycles. The highest BCUT2D eigenvalue weighted by Gasteiger charge is 2.44. The zero-order chi connectivity index (χ0) is 17.5. The van der Waals surface area contributed by atoms with Gasteiger partial charge in [0.15, 0.2) is 0 Å². The molecule has 4 heterocycles. The van der Waals surface area contributed by atoms with Crippen LogP contribution in [0, 0.1) is 0 Å². The quantitative estimate of drug-likeness (QED) is 0.708. The maximum atomic E-state index is 13.1. The lowest BCUT2D eigenvalue weighted by atomic mass is 10.0. The van der Waals surface area contributed by atoms with Crippen molar-refractivity contribution in [2.24, 2.45) is 0 Å². The average Bonchev–Trinajstić information content (AvgIpc) is 3.40. The second kappa shape index (κ2) is 6.41. The van der Waals surface area contributed by atoms with E-state index in [9.17, 15) is 4.79 Å². The molecule has 1 amide bonds. The Balaban J connectivity index is 1.45. The summed E-state index contributed by atoms with van der Waals surface area (Å²) in [5, 5.41) is 2.13. The van der Waals surface area contributed by atoms with Gasteiger partial charge in [-0.05, 0) is 29.1 Å². The lowest BCUT2D eigenvalue weighted by Crippen LogP contribution is -2.49. The molecule has 1 aromatic carbocycles. The van der Waals surface area contributed by atoms with E-state index in [0.29, 0.717) is 12.6 Å². The summed E-state index contributed by atoms with van der Waals surface area (Å²) < 4.78 is 2.20. The van der Waals surface area contributed by atoms with Crippen molar-refractivity contribution < 1.29 is 4.79 Å². The van der Waals surface area contributed by atoms with Crippen molar-refractivity contribution in [2.45, 2.75) is 25.2 Å². The number of carbonyl (C=O) groups is 1. The van der Waals surface area contributed by atoms with Gasteiger partial charge in [0.25, 0.3) is 5.91 Å². The lowest BCUT2D eigenvalue weighted by Gasteiger charge is -2.38. The van der Waals surface area contributed by atoms with E-state index in [-0.39, 0.29) is 11.9 Å². The number of fused-ring (bicyclic) bond motifs is 3. The molecule has 0 aliphatic carbocycles. The summed E-state index contributed by atoms with van der Waals surface area (Å²) in [6.45, 7) is 3.56. The van der Waals surface area contributed by atoms with Crippen LogP contribution in [0.3, 0.4) is 0 Å². The molecule has 2 atom stereocenters. The first-order valence-electron chi connectivity index (χ1n) is 9.06. The van der Waals surface area contributed by atoms with Crippen molar-refractivity contribution in [3.63, 3.8) is 0 Å². The van der Waals surface area contributed by atoms with E-state index in [1.165, 1.54) is 10.4 Å². The van der Waals surface area contributed by atoms with Gasteiger partial charge in [-0.25, -0.2) is 0 Å². The summed E-state index contributed by atoms with van der Waals surface area (Å²) in [7, 11) is 0. The number of carbonyl (C=O) groups excluding carboxylic acids is 1. The van der Waals surface area contributed by atoms with Crippen molar-refractivity contribution in [2.75, 3.05) is 13.1 Å². The van der Waals surface area contributed by atoms with E-state index in [1.807, 2.05) is 30.3 Å². The number of hydrogen-bond donors (Lipinski definition) is 0. The Bertz CT molecular complexity index is 903. The minimum atomic E-state index is 0.151. The zero-order valence-corrected chi connectivity index (χ0v) is 15.3. The molecule has 5 heteroatoms. The minimum Gasteiger partial charge on any atom is -0.337 e. The highest BCUT2D eigenvalue weighted by Crippen LogP contribution is 2.35. The van der Waals surface area contributed by atoms with Crippen LogP contribution in [0.5, 0.6) is 0 Å². The number of rotatable bonds is 4. The van der Waals surface area contributed by atoms with Gasteiger partial charge < -0.3 is 9.47 Å². The van der Waals surface area contributed by atoms with Gasteiger partial charge in [-0.15, -0.1) is 11.3 Å². The Morgan fingerprint density at radius 2 is 1.77 bits per heavy atom. The van der Waals surface area contributed by atoms with Crippen molar-refractivity contribution >= 4 is 17.2 Å². The van der Waals surface area contributed by atoms with Gasteiger partial charge in [0.05, 0.1) is 12.1 Å². The molecule has 1 fully saturated rings. The van der Waals surface area contributed by atoms with Crippen LogP contribution in [0.4, 0.5) is 0 Å². The summed E-state index contributed by atoms with van der Waals surface area (Å²) in [6.07, 6.45) is 2.07. The number of hydrogen-bond acceptors (Lipinski definition) is 3. The van der Waals surface area contributed by atoms with Crippen molar-refractivity contribution in [1.29, 1.82) is 0 Å². The van der Waals surface area contributed by atoms with Gasteiger partial charge in [-0.2, -0.15) is 0 Å². The maximum absolute atomic E-state index is 13.1. The van der Waals surface area contributed by atoms with Crippen LogP contribution in [0.15, 0.2) is 66.2 Å². The topological polar surface area (TPSA) is 28.5 Å². The number of aromatic nitrogens is 1. The molecular weight excluding hydrogens is 342 g/mol. The van der Waals surface area contributed by atoms with Gasteiger partial charge in [0.2, 0.25) is 0 Å². The number of thiophene rings is 1. The Morgan fingerprint density at radius 1 is 0.923 bits per heavy atom. The Labute approximate surface area is 157 Å². The molecule has 0 spiro atoms. The van der Waals surface area contributed by atoms with Crippen LogP contribution in [-0.2, 0) is 13.1 Å². The number of nitrogens with zero attached hydrogens (tertiary/aromatic N) is 3. The average molecular weight is 363 g/mol. The molecule has 4 nitrogen and oxygen atoms in total. The van der Waals surface area contributed by atoms with Crippen LogP contribution in [0.2, 0.25) is 0 Å². The lowest BCUT2D eigenvalue weighted by molar-refractivity contribution is 0.0556. The summed E-state index contributed by atoms with van der Waals surface area (Å²) in [6, 6.07) is 19.1. The first-order valence-corrected chi connectivity index (χ1v) is 9.94. The van der Waals surface area contributed by atoms with Crippen molar-refractivity contribution in [1.82, 2.24) is 14.4 Å².